The zero-order chi connectivity index (χ0) is 17.0. The Balaban J connectivity index is 2.08. The van der Waals surface area contributed by atoms with Crippen molar-refractivity contribution in [3.8, 4) is 5.75 Å². The lowest BCUT2D eigenvalue weighted by molar-refractivity contribution is 0.0944. The summed E-state index contributed by atoms with van der Waals surface area (Å²) in [6, 6.07) is 7.92. The van der Waals surface area contributed by atoms with Gasteiger partial charge in [-0.1, -0.05) is 12.1 Å². The van der Waals surface area contributed by atoms with Gasteiger partial charge in [0.25, 0.3) is 5.91 Å². The van der Waals surface area contributed by atoms with Crippen LogP contribution in [0.25, 0.3) is 0 Å². The molecule has 0 aromatic heterocycles. The fraction of sp³-hybridized carbons (Fsp3) is 0.176. The third kappa shape index (κ3) is 3.91. The molecule has 1 amide bonds. The number of methoxy groups -OCH3 is 1. The van der Waals surface area contributed by atoms with Gasteiger partial charge in [-0.3, -0.25) is 9.59 Å². The van der Waals surface area contributed by atoms with Crippen molar-refractivity contribution in [1.82, 2.24) is 5.32 Å². The molecule has 0 aliphatic carbocycles. The SMILES string of the molecule is COc1ccc(CNC(=O)c2ccc(C(C)=O)cc2F)cc1F. The molecule has 0 unspecified atom stereocenters. The maximum absolute atomic E-state index is 13.9. The number of nitrogens with one attached hydrogen (secondary N) is 1. The van der Waals surface area contributed by atoms with E-state index in [0.717, 1.165) is 6.07 Å². The molecule has 4 nitrogen and oxygen atoms in total. The highest BCUT2D eigenvalue weighted by Crippen LogP contribution is 2.18. The third-order valence-electron chi connectivity index (χ3n) is 3.29. The molecule has 0 aliphatic rings. The molecule has 1 N–H and O–H groups in total. The van der Waals surface area contributed by atoms with Crippen molar-refractivity contribution in [1.29, 1.82) is 0 Å². The van der Waals surface area contributed by atoms with Gasteiger partial charge in [0.1, 0.15) is 5.82 Å². The van der Waals surface area contributed by atoms with E-state index in [1.165, 1.54) is 38.3 Å². The molecule has 0 saturated heterocycles. The Morgan fingerprint density at radius 2 is 1.83 bits per heavy atom. The number of benzene rings is 2. The monoisotopic (exact) mass is 319 g/mol. The smallest absolute Gasteiger partial charge is 0.254 e. The van der Waals surface area contributed by atoms with Gasteiger partial charge < -0.3 is 10.1 Å². The van der Waals surface area contributed by atoms with E-state index in [1.54, 1.807) is 6.07 Å². The number of ketones is 1. The number of amides is 1. The van der Waals surface area contributed by atoms with Crippen LogP contribution in [-0.4, -0.2) is 18.8 Å². The molecular formula is C17H15F2NO3. The molecule has 0 fully saturated rings. The van der Waals surface area contributed by atoms with Crippen LogP contribution in [-0.2, 0) is 6.54 Å². The lowest BCUT2D eigenvalue weighted by atomic mass is 10.1. The van der Waals surface area contributed by atoms with Gasteiger partial charge in [-0.15, -0.1) is 0 Å². The minimum absolute atomic E-state index is 0.0354. The summed E-state index contributed by atoms with van der Waals surface area (Å²) in [7, 11) is 1.35. The van der Waals surface area contributed by atoms with E-state index in [9.17, 15) is 18.4 Å². The predicted molar refractivity (Wildman–Crippen MR) is 80.5 cm³/mol. The third-order valence-corrected chi connectivity index (χ3v) is 3.29. The number of halogens is 2. The van der Waals surface area contributed by atoms with Gasteiger partial charge in [-0.05, 0) is 36.8 Å². The number of hydrogen-bond acceptors (Lipinski definition) is 3. The normalized spacial score (nSPS) is 10.3. The second-order valence-electron chi connectivity index (χ2n) is 4.90. The summed E-state index contributed by atoms with van der Waals surface area (Å²) in [5.41, 5.74) is 0.526. The topological polar surface area (TPSA) is 55.4 Å². The predicted octanol–water partition coefficient (Wildman–Crippen LogP) is 3.11. The van der Waals surface area contributed by atoms with Gasteiger partial charge in [0.2, 0.25) is 0 Å². The average Bonchev–Trinajstić information content (AvgIpc) is 2.52. The molecule has 0 bridgehead atoms. The van der Waals surface area contributed by atoms with Crippen LogP contribution in [0, 0.1) is 11.6 Å². The second-order valence-corrected chi connectivity index (χ2v) is 4.90. The quantitative estimate of drug-likeness (QED) is 0.862. The molecule has 0 aliphatic heterocycles. The van der Waals surface area contributed by atoms with E-state index in [4.69, 9.17) is 4.74 Å². The van der Waals surface area contributed by atoms with Gasteiger partial charge in [0.05, 0.1) is 12.7 Å². The Kier molecular flexibility index (Phi) is 5.05. The molecule has 0 atom stereocenters. The lowest BCUT2D eigenvalue weighted by Crippen LogP contribution is -2.24. The summed E-state index contributed by atoms with van der Waals surface area (Å²) in [5.74, 6) is -2.16. The highest BCUT2D eigenvalue weighted by Gasteiger charge is 2.13. The zero-order valence-corrected chi connectivity index (χ0v) is 12.7. The largest absolute Gasteiger partial charge is 0.494 e. The molecular weight excluding hydrogens is 304 g/mol. The number of carbonyl (C=O) groups excluding carboxylic acids is 2. The summed E-state index contributed by atoms with van der Waals surface area (Å²) in [6.45, 7) is 1.35. The Morgan fingerprint density at radius 3 is 2.39 bits per heavy atom. The van der Waals surface area contributed by atoms with Crippen LogP contribution < -0.4 is 10.1 Å². The van der Waals surface area contributed by atoms with E-state index < -0.39 is 17.5 Å². The molecule has 6 heteroatoms. The van der Waals surface area contributed by atoms with Gasteiger partial charge in [-0.2, -0.15) is 0 Å². The molecule has 2 aromatic carbocycles. The fourth-order valence-corrected chi connectivity index (χ4v) is 2.02. The first kappa shape index (κ1) is 16.6. The molecule has 0 saturated carbocycles. The van der Waals surface area contributed by atoms with E-state index in [1.807, 2.05) is 0 Å². The summed E-state index contributed by atoms with van der Waals surface area (Å²) >= 11 is 0. The van der Waals surface area contributed by atoms with Crippen LogP contribution in [0.3, 0.4) is 0 Å². The summed E-state index contributed by atoms with van der Waals surface area (Å²) in [5, 5.41) is 2.50. The van der Waals surface area contributed by atoms with E-state index in [2.05, 4.69) is 5.32 Å². The van der Waals surface area contributed by atoms with E-state index >= 15 is 0 Å². The van der Waals surface area contributed by atoms with Crippen molar-refractivity contribution in [2.75, 3.05) is 7.11 Å². The Labute approximate surface area is 132 Å². The molecule has 0 spiro atoms. The number of ether oxygens (including phenoxy) is 1. The molecule has 2 rings (SSSR count). The second kappa shape index (κ2) is 7.00. The average molecular weight is 319 g/mol. The Morgan fingerprint density at radius 1 is 1.09 bits per heavy atom. The summed E-state index contributed by atoms with van der Waals surface area (Å²) < 4.78 is 32.2. The van der Waals surface area contributed by atoms with Crippen LogP contribution in [0.15, 0.2) is 36.4 Å². The van der Waals surface area contributed by atoms with Crippen molar-refractivity contribution in [3.05, 3.63) is 64.7 Å². The van der Waals surface area contributed by atoms with Crippen LogP contribution >= 0.6 is 0 Å². The van der Waals surface area contributed by atoms with Gasteiger partial charge >= 0.3 is 0 Å². The molecule has 0 radical (unpaired) electrons. The summed E-state index contributed by atoms with van der Waals surface area (Å²) in [6.07, 6.45) is 0. The van der Waals surface area contributed by atoms with Gasteiger partial charge in [0, 0.05) is 12.1 Å². The van der Waals surface area contributed by atoms with Crippen molar-refractivity contribution in [3.63, 3.8) is 0 Å². The zero-order valence-electron chi connectivity index (χ0n) is 12.7. The van der Waals surface area contributed by atoms with Crippen molar-refractivity contribution < 1.29 is 23.1 Å². The number of carbonyl (C=O) groups is 2. The first-order valence-electron chi connectivity index (χ1n) is 6.83. The van der Waals surface area contributed by atoms with Gasteiger partial charge in [-0.25, -0.2) is 8.78 Å². The molecule has 120 valence electrons. The molecule has 0 heterocycles. The fourth-order valence-electron chi connectivity index (χ4n) is 2.02. The van der Waals surface area contributed by atoms with Crippen LogP contribution in [0.2, 0.25) is 0 Å². The van der Waals surface area contributed by atoms with Crippen molar-refractivity contribution >= 4 is 11.7 Å². The first-order chi connectivity index (χ1) is 10.9. The van der Waals surface area contributed by atoms with Gasteiger partial charge in [0.15, 0.2) is 17.3 Å². The van der Waals surface area contributed by atoms with Crippen LogP contribution in [0.1, 0.15) is 33.2 Å². The van der Waals surface area contributed by atoms with Crippen molar-refractivity contribution in [2.24, 2.45) is 0 Å². The number of hydrogen-bond donors (Lipinski definition) is 1. The number of Topliss-reactive ketones (excluding diaryl/α,β-unsaturated/α-hetero) is 1. The highest BCUT2D eigenvalue weighted by atomic mass is 19.1. The maximum Gasteiger partial charge on any atom is 0.254 e. The first-order valence-corrected chi connectivity index (χ1v) is 6.83. The summed E-state index contributed by atoms with van der Waals surface area (Å²) in [4.78, 5) is 23.1. The van der Waals surface area contributed by atoms with Crippen LogP contribution in [0.4, 0.5) is 8.78 Å². The maximum atomic E-state index is 13.9. The molecule has 23 heavy (non-hydrogen) atoms. The standard InChI is InChI=1S/C17H15F2NO3/c1-10(21)12-4-5-13(14(18)8-12)17(22)20-9-11-3-6-16(23-2)15(19)7-11/h3-8H,9H2,1-2H3,(H,20,22). The minimum Gasteiger partial charge on any atom is -0.494 e. The Hall–Kier alpha value is -2.76. The number of rotatable bonds is 5. The van der Waals surface area contributed by atoms with E-state index in [0.29, 0.717) is 5.56 Å². The Bertz CT molecular complexity index is 759. The van der Waals surface area contributed by atoms with Crippen molar-refractivity contribution in [2.45, 2.75) is 13.5 Å². The molecule has 2 aromatic rings. The minimum atomic E-state index is -0.781. The van der Waals surface area contributed by atoms with E-state index in [-0.39, 0.29) is 29.2 Å². The highest BCUT2D eigenvalue weighted by molar-refractivity contribution is 5.97. The van der Waals surface area contributed by atoms with Crippen LogP contribution in [0.5, 0.6) is 5.75 Å². The lowest BCUT2D eigenvalue weighted by Gasteiger charge is -2.08.